The van der Waals surface area contributed by atoms with Gasteiger partial charge in [0.2, 0.25) is 5.91 Å². The smallest absolute Gasteiger partial charge is 0.381 e. The number of fused-ring (bicyclic) bond motifs is 1. The van der Waals surface area contributed by atoms with Crippen molar-refractivity contribution >= 4 is 5.91 Å². The summed E-state index contributed by atoms with van der Waals surface area (Å²) in [5.41, 5.74) is 0.512. The van der Waals surface area contributed by atoms with Crippen LogP contribution in [0.3, 0.4) is 0 Å². The Hall–Kier alpha value is -1.60. The van der Waals surface area contributed by atoms with Crippen molar-refractivity contribution in [2.45, 2.75) is 76.7 Å². The van der Waals surface area contributed by atoms with Gasteiger partial charge in [0, 0.05) is 38.4 Å². The maximum atomic E-state index is 13.5. The summed E-state index contributed by atoms with van der Waals surface area (Å²) in [6.45, 7) is 4.49. The summed E-state index contributed by atoms with van der Waals surface area (Å²) in [6, 6.07) is 4.71. The molecule has 1 saturated carbocycles. The fourth-order valence-electron chi connectivity index (χ4n) is 5.37. The van der Waals surface area contributed by atoms with Gasteiger partial charge in [0.15, 0.2) is 0 Å². The van der Waals surface area contributed by atoms with E-state index < -0.39 is 17.2 Å². The zero-order valence-electron chi connectivity index (χ0n) is 17.6. The molecule has 0 aromatic heterocycles. The summed E-state index contributed by atoms with van der Waals surface area (Å²) in [5, 5.41) is 3.73. The van der Waals surface area contributed by atoms with Gasteiger partial charge in [-0.25, -0.2) is 0 Å². The maximum absolute atomic E-state index is 13.5. The van der Waals surface area contributed by atoms with Crippen molar-refractivity contribution < 1.29 is 22.7 Å². The normalized spacial score (nSPS) is 27.9. The Labute approximate surface area is 176 Å². The molecule has 7 heteroatoms. The largest absolute Gasteiger partial charge is 0.416 e. The second kappa shape index (κ2) is 8.50. The molecule has 1 aromatic rings. The third-order valence-corrected chi connectivity index (χ3v) is 7.26. The van der Waals surface area contributed by atoms with Gasteiger partial charge >= 0.3 is 6.18 Å². The molecule has 2 heterocycles. The summed E-state index contributed by atoms with van der Waals surface area (Å²) in [5.74, 6) is 0.115. The highest BCUT2D eigenvalue weighted by atomic mass is 19.4. The van der Waals surface area contributed by atoms with E-state index in [0.29, 0.717) is 30.6 Å². The standard InChI is InChI=1S/C23H31F3N2O2/c1-2-22(9-5-20(14-22)27-19-7-11-30-12-8-19)21(29)28-10-6-16-3-4-18(23(24,25)26)13-17(16)15-28/h3-4,13,19-20,27H,2,5-12,14-15H2,1H3/t20-,22?/m1/s1. The Morgan fingerprint density at radius 3 is 2.67 bits per heavy atom. The second-order valence-corrected chi connectivity index (χ2v) is 9.08. The molecule has 1 saturated heterocycles. The number of nitrogens with zero attached hydrogens (tertiary/aromatic N) is 1. The van der Waals surface area contributed by atoms with Gasteiger partial charge in [0.25, 0.3) is 0 Å². The Morgan fingerprint density at radius 1 is 1.20 bits per heavy atom. The van der Waals surface area contributed by atoms with Crippen molar-refractivity contribution in [2.75, 3.05) is 19.8 Å². The molecule has 1 aliphatic carbocycles. The SMILES string of the molecule is CCC1(C(=O)N2CCc3ccc(C(F)(F)F)cc3C2)CC[C@@H](NC2CCOCC2)C1. The Morgan fingerprint density at radius 2 is 1.97 bits per heavy atom. The minimum Gasteiger partial charge on any atom is -0.381 e. The molecule has 1 N–H and O–H groups in total. The van der Waals surface area contributed by atoms with Crippen molar-refractivity contribution in [3.05, 3.63) is 34.9 Å². The summed E-state index contributed by atoms with van der Waals surface area (Å²) in [4.78, 5) is 15.3. The van der Waals surface area contributed by atoms with Gasteiger partial charge in [-0.2, -0.15) is 13.2 Å². The summed E-state index contributed by atoms with van der Waals surface area (Å²) >= 11 is 0. The minimum atomic E-state index is -4.36. The van der Waals surface area contributed by atoms with Crippen LogP contribution in [0.15, 0.2) is 18.2 Å². The van der Waals surface area contributed by atoms with Gasteiger partial charge in [0.1, 0.15) is 0 Å². The van der Waals surface area contributed by atoms with E-state index in [1.807, 2.05) is 0 Å². The van der Waals surface area contributed by atoms with E-state index in [2.05, 4.69) is 12.2 Å². The van der Waals surface area contributed by atoms with Crippen molar-refractivity contribution in [1.82, 2.24) is 10.2 Å². The van der Waals surface area contributed by atoms with Crippen LogP contribution in [0.5, 0.6) is 0 Å². The first-order valence-electron chi connectivity index (χ1n) is 11.1. The van der Waals surface area contributed by atoms with Crippen LogP contribution >= 0.6 is 0 Å². The number of nitrogens with one attached hydrogen (secondary N) is 1. The first-order chi connectivity index (χ1) is 14.3. The van der Waals surface area contributed by atoms with Gasteiger partial charge in [-0.15, -0.1) is 0 Å². The molecule has 30 heavy (non-hydrogen) atoms. The molecule has 0 bridgehead atoms. The lowest BCUT2D eigenvalue weighted by atomic mass is 9.80. The molecule has 1 unspecified atom stereocenters. The number of carbonyl (C=O) groups is 1. The van der Waals surface area contributed by atoms with Crippen molar-refractivity contribution in [3.63, 3.8) is 0 Å². The van der Waals surface area contributed by atoms with Gasteiger partial charge in [0.05, 0.1) is 11.0 Å². The topological polar surface area (TPSA) is 41.6 Å². The Kier molecular flexibility index (Phi) is 6.13. The number of carbonyl (C=O) groups excluding carboxylic acids is 1. The third kappa shape index (κ3) is 4.37. The maximum Gasteiger partial charge on any atom is 0.416 e. The van der Waals surface area contributed by atoms with Crippen molar-refractivity contribution in [3.8, 4) is 0 Å². The van der Waals surface area contributed by atoms with Gasteiger partial charge in [-0.05, 0) is 68.2 Å². The molecule has 2 aliphatic heterocycles. The summed E-state index contributed by atoms with van der Waals surface area (Å²) in [6.07, 6.45) is 1.66. The molecule has 1 aromatic carbocycles. The zero-order valence-corrected chi connectivity index (χ0v) is 17.6. The number of hydrogen-bond acceptors (Lipinski definition) is 3. The number of hydrogen-bond donors (Lipinski definition) is 1. The molecule has 0 spiro atoms. The lowest BCUT2D eigenvalue weighted by molar-refractivity contribution is -0.143. The van der Waals surface area contributed by atoms with E-state index in [-0.39, 0.29) is 12.5 Å². The fourth-order valence-corrected chi connectivity index (χ4v) is 5.37. The van der Waals surface area contributed by atoms with Crippen LogP contribution in [0.1, 0.15) is 62.1 Å². The van der Waals surface area contributed by atoms with Crippen LogP contribution in [-0.4, -0.2) is 42.6 Å². The van der Waals surface area contributed by atoms with Crippen molar-refractivity contribution in [2.24, 2.45) is 5.41 Å². The molecule has 166 valence electrons. The van der Waals surface area contributed by atoms with Crippen LogP contribution in [0.2, 0.25) is 0 Å². The van der Waals surface area contributed by atoms with Gasteiger partial charge < -0.3 is 15.0 Å². The van der Waals surface area contributed by atoms with Crippen molar-refractivity contribution in [1.29, 1.82) is 0 Å². The van der Waals surface area contributed by atoms with Crippen LogP contribution in [0, 0.1) is 5.41 Å². The Balaban J connectivity index is 1.44. The molecule has 1 amide bonds. The molecular weight excluding hydrogens is 393 g/mol. The second-order valence-electron chi connectivity index (χ2n) is 9.08. The lowest BCUT2D eigenvalue weighted by Gasteiger charge is -2.37. The number of ether oxygens (including phenoxy) is 1. The number of amides is 1. The van der Waals surface area contributed by atoms with E-state index in [1.54, 1.807) is 11.0 Å². The highest BCUT2D eigenvalue weighted by Gasteiger charge is 2.46. The van der Waals surface area contributed by atoms with Gasteiger partial charge in [-0.1, -0.05) is 13.0 Å². The van der Waals surface area contributed by atoms with Crippen LogP contribution in [0.4, 0.5) is 13.2 Å². The molecule has 2 atom stereocenters. The predicted octanol–water partition coefficient (Wildman–Crippen LogP) is 4.31. The third-order valence-electron chi connectivity index (χ3n) is 7.26. The highest BCUT2D eigenvalue weighted by Crippen LogP contribution is 2.44. The number of rotatable bonds is 4. The average molecular weight is 425 g/mol. The van der Waals surface area contributed by atoms with Crippen LogP contribution in [-0.2, 0) is 28.7 Å². The first kappa shape index (κ1) is 21.6. The van der Waals surface area contributed by atoms with Crippen LogP contribution in [0.25, 0.3) is 0 Å². The lowest BCUT2D eigenvalue weighted by Crippen LogP contribution is -2.46. The summed E-state index contributed by atoms with van der Waals surface area (Å²) in [7, 11) is 0. The van der Waals surface area contributed by atoms with E-state index in [9.17, 15) is 18.0 Å². The highest BCUT2D eigenvalue weighted by molar-refractivity contribution is 5.83. The van der Waals surface area contributed by atoms with Crippen LogP contribution < -0.4 is 5.32 Å². The summed E-state index contributed by atoms with van der Waals surface area (Å²) < 4.78 is 44.8. The monoisotopic (exact) mass is 424 g/mol. The Bertz CT molecular complexity index is 776. The molecule has 4 rings (SSSR count). The molecule has 2 fully saturated rings. The number of benzene rings is 1. The molecule has 0 radical (unpaired) electrons. The predicted molar refractivity (Wildman–Crippen MR) is 108 cm³/mol. The fraction of sp³-hybridized carbons (Fsp3) is 0.696. The van der Waals surface area contributed by atoms with E-state index in [0.717, 1.165) is 63.4 Å². The van der Waals surface area contributed by atoms with Gasteiger partial charge in [-0.3, -0.25) is 4.79 Å². The average Bonchev–Trinajstić information content (AvgIpc) is 3.16. The van der Waals surface area contributed by atoms with E-state index in [1.165, 1.54) is 6.07 Å². The van der Waals surface area contributed by atoms with E-state index >= 15 is 0 Å². The number of halogens is 3. The molecule has 3 aliphatic rings. The zero-order chi connectivity index (χ0) is 21.4. The van der Waals surface area contributed by atoms with E-state index in [4.69, 9.17) is 4.74 Å². The number of alkyl halides is 3. The molecular formula is C23H31F3N2O2. The quantitative estimate of drug-likeness (QED) is 0.783. The first-order valence-corrected chi connectivity index (χ1v) is 11.1. The molecule has 4 nitrogen and oxygen atoms in total. The minimum absolute atomic E-state index is 0.115.